The molecular weight excluding hydrogens is 396 g/mol. The Bertz CT molecular complexity index is 851. The van der Waals surface area contributed by atoms with Gasteiger partial charge in [0.15, 0.2) is 18.1 Å². The van der Waals surface area contributed by atoms with Crippen molar-refractivity contribution < 1.29 is 28.6 Å². The Labute approximate surface area is 173 Å². The molecule has 1 heterocycles. The number of carbonyl (C=O) groups excluding carboxylic acids is 3. The molecular formula is C20H24N2O6S. The van der Waals surface area contributed by atoms with Crippen LogP contribution in [0.4, 0.5) is 5.69 Å². The van der Waals surface area contributed by atoms with Crippen molar-refractivity contribution in [1.29, 1.82) is 0 Å². The van der Waals surface area contributed by atoms with Crippen molar-refractivity contribution in [1.82, 2.24) is 5.32 Å². The number of methoxy groups -OCH3 is 2. The summed E-state index contributed by atoms with van der Waals surface area (Å²) >= 11 is 1.27. The van der Waals surface area contributed by atoms with Crippen LogP contribution < -0.4 is 20.1 Å². The van der Waals surface area contributed by atoms with Crippen LogP contribution in [0.5, 0.6) is 11.5 Å². The van der Waals surface area contributed by atoms with Crippen LogP contribution in [0.3, 0.4) is 0 Å². The lowest BCUT2D eigenvalue weighted by atomic mass is 10.0. The largest absolute Gasteiger partial charge is 0.493 e. The fraction of sp³-hybridized carbons (Fsp3) is 0.350. The van der Waals surface area contributed by atoms with E-state index in [1.54, 1.807) is 49.6 Å². The molecule has 9 heteroatoms. The van der Waals surface area contributed by atoms with Crippen molar-refractivity contribution in [2.75, 3.05) is 26.1 Å². The molecule has 0 aliphatic heterocycles. The van der Waals surface area contributed by atoms with Gasteiger partial charge >= 0.3 is 5.97 Å². The van der Waals surface area contributed by atoms with Gasteiger partial charge in [0.2, 0.25) is 0 Å². The van der Waals surface area contributed by atoms with Crippen LogP contribution in [0, 0.1) is 5.92 Å². The van der Waals surface area contributed by atoms with E-state index in [1.165, 1.54) is 25.6 Å². The Hall–Kier alpha value is -3.07. The van der Waals surface area contributed by atoms with Crippen LogP contribution >= 0.6 is 11.3 Å². The van der Waals surface area contributed by atoms with E-state index in [-0.39, 0.29) is 11.8 Å². The SMILES string of the molecule is COc1ccc(NC(=O)COC(=O)[C@H](NC(=O)c2cccs2)C(C)C)cc1OC. The zero-order valence-electron chi connectivity index (χ0n) is 16.7. The van der Waals surface area contributed by atoms with Crippen LogP contribution in [0.25, 0.3) is 0 Å². The molecule has 0 fully saturated rings. The Morgan fingerprint density at radius 1 is 1.07 bits per heavy atom. The van der Waals surface area contributed by atoms with Crippen LogP contribution in [0.15, 0.2) is 35.7 Å². The average Bonchev–Trinajstić information content (AvgIpc) is 3.24. The number of esters is 1. The molecule has 0 aliphatic carbocycles. The highest BCUT2D eigenvalue weighted by molar-refractivity contribution is 7.12. The van der Waals surface area contributed by atoms with Crippen LogP contribution in [0.1, 0.15) is 23.5 Å². The van der Waals surface area contributed by atoms with Gasteiger partial charge in [0.25, 0.3) is 11.8 Å². The molecule has 156 valence electrons. The first kappa shape index (κ1) is 22.2. The van der Waals surface area contributed by atoms with E-state index in [1.807, 2.05) is 0 Å². The summed E-state index contributed by atoms with van der Waals surface area (Å²) in [6.45, 7) is 3.08. The smallest absolute Gasteiger partial charge is 0.329 e. The quantitative estimate of drug-likeness (QED) is 0.605. The number of hydrogen-bond acceptors (Lipinski definition) is 7. The molecule has 0 radical (unpaired) electrons. The number of ether oxygens (including phenoxy) is 3. The Kier molecular flexibility index (Phi) is 8.02. The van der Waals surface area contributed by atoms with Gasteiger partial charge in [-0.3, -0.25) is 9.59 Å². The summed E-state index contributed by atoms with van der Waals surface area (Å²) in [5.41, 5.74) is 0.468. The summed E-state index contributed by atoms with van der Waals surface area (Å²) in [4.78, 5) is 37.2. The topological polar surface area (TPSA) is 103 Å². The highest BCUT2D eigenvalue weighted by Crippen LogP contribution is 2.29. The zero-order chi connectivity index (χ0) is 21.4. The van der Waals surface area contributed by atoms with Gasteiger partial charge in [0, 0.05) is 11.8 Å². The van der Waals surface area contributed by atoms with Gasteiger partial charge in [-0.25, -0.2) is 4.79 Å². The molecule has 0 saturated heterocycles. The minimum absolute atomic E-state index is 0.208. The number of benzene rings is 1. The second-order valence-electron chi connectivity index (χ2n) is 6.40. The highest BCUT2D eigenvalue weighted by Gasteiger charge is 2.27. The van der Waals surface area contributed by atoms with E-state index in [2.05, 4.69) is 10.6 Å². The molecule has 0 saturated carbocycles. The monoisotopic (exact) mass is 420 g/mol. The molecule has 2 rings (SSSR count). The maximum Gasteiger partial charge on any atom is 0.329 e. The van der Waals surface area contributed by atoms with Crippen molar-refractivity contribution in [2.45, 2.75) is 19.9 Å². The van der Waals surface area contributed by atoms with Crippen LogP contribution in [-0.2, 0) is 14.3 Å². The Morgan fingerprint density at radius 2 is 1.79 bits per heavy atom. The second kappa shape index (κ2) is 10.5. The maximum atomic E-state index is 12.4. The van der Waals surface area contributed by atoms with Gasteiger partial charge in [-0.2, -0.15) is 0 Å². The fourth-order valence-electron chi connectivity index (χ4n) is 2.46. The van der Waals surface area contributed by atoms with E-state index in [0.29, 0.717) is 22.1 Å². The van der Waals surface area contributed by atoms with E-state index < -0.39 is 24.5 Å². The number of amides is 2. The van der Waals surface area contributed by atoms with Gasteiger partial charge in [-0.15, -0.1) is 11.3 Å². The zero-order valence-corrected chi connectivity index (χ0v) is 17.5. The lowest BCUT2D eigenvalue weighted by Gasteiger charge is -2.20. The predicted octanol–water partition coefficient (Wildman–Crippen LogP) is 2.70. The van der Waals surface area contributed by atoms with Crippen molar-refractivity contribution in [2.24, 2.45) is 5.92 Å². The lowest BCUT2D eigenvalue weighted by molar-refractivity contribution is -0.150. The number of thiophene rings is 1. The molecule has 2 aromatic rings. The van der Waals surface area contributed by atoms with Crippen molar-refractivity contribution in [3.05, 3.63) is 40.6 Å². The van der Waals surface area contributed by atoms with Gasteiger partial charge in [0.1, 0.15) is 6.04 Å². The molecule has 0 unspecified atom stereocenters. The third-order valence-corrected chi connectivity index (χ3v) is 4.83. The van der Waals surface area contributed by atoms with Gasteiger partial charge < -0.3 is 24.8 Å². The van der Waals surface area contributed by atoms with E-state index in [0.717, 1.165) is 0 Å². The van der Waals surface area contributed by atoms with Gasteiger partial charge in [-0.05, 0) is 29.5 Å². The molecule has 0 spiro atoms. The summed E-state index contributed by atoms with van der Waals surface area (Å²) in [7, 11) is 3.00. The molecule has 1 atom stereocenters. The third-order valence-electron chi connectivity index (χ3n) is 3.96. The van der Waals surface area contributed by atoms with Gasteiger partial charge in [-0.1, -0.05) is 19.9 Å². The third kappa shape index (κ3) is 6.21. The number of carbonyl (C=O) groups is 3. The van der Waals surface area contributed by atoms with E-state index in [4.69, 9.17) is 14.2 Å². The molecule has 0 aliphatic rings. The normalized spacial score (nSPS) is 11.5. The van der Waals surface area contributed by atoms with Crippen molar-refractivity contribution >= 4 is 34.8 Å². The summed E-state index contributed by atoms with van der Waals surface area (Å²) in [6, 6.07) is 7.43. The van der Waals surface area contributed by atoms with Crippen molar-refractivity contribution in [3.63, 3.8) is 0 Å². The average molecular weight is 420 g/mol. The highest BCUT2D eigenvalue weighted by atomic mass is 32.1. The first-order valence-corrected chi connectivity index (χ1v) is 9.76. The summed E-state index contributed by atoms with van der Waals surface area (Å²) in [5.74, 6) is -0.771. The minimum Gasteiger partial charge on any atom is -0.493 e. The standard InChI is InChI=1S/C20H24N2O6S/c1-12(2)18(22-19(24)16-6-5-9-29-16)20(25)28-11-17(23)21-13-7-8-14(26-3)15(10-13)27-4/h5-10,12,18H,11H2,1-4H3,(H,21,23)(H,22,24)/t18-/m1/s1. The first-order chi connectivity index (χ1) is 13.8. The first-order valence-electron chi connectivity index (χ1n) is 8.88. The molecule has 2 amide bonds. The Balaban J connectivity index is 1.92. The van der Waals surface area contributed by atoms with Gasteiger partial charge in [0.05, 0.1) is 19.1 Å². The minimum atomic E-state index is -0.863. The molecule has 0 bridgehead atoms. The number of hydrogen-bond donors (Lipinski definition) is 2. The Morgan fingerprint density at radius 3 is 2.38 bits per heavy atom. The maximum absolute atomic E-state index is 12.4. The second-order valence-corrected chi connectivity index (χ2v) is 7.35. The molecule has 8 nitrogen and oxygen atoms in total. The summed E-state index contributed by atoms with van der Waals surface area (Å²) in [6.07, 6.45) is 0. The lowest BCUT2D eigenvalue weighted by Crippen LogP contribution is -2.45. The fourth-order valence-corrected chi connectivity index (χ4v) is 3.08. The van der Waals surface area contributed by atoms with Crippen LogP contribution in [0.2, 0.25) is 0 Å². The summed E-state index contributed by atoms with van der Waals surface area (Å²) in [5, 5.41) is 7.05. The van der Waals surface area contributed by atoms with Crippen LogP contribution in [-0.4, -0.2) is 44.7 Å². The molecule has 1 aromatic carbocycles. The number of nitrogens with one attached hydrogen (secondary N) is 2. The summed E-state index contributed by atoms with van der Waals surface area (Å²) < 4.78 is 15.4. The number of anilines is 1. The van der Waals surface area contributed by atoms with Crippen molar-refractivity contribution in [3.8, 4) is 11.5 Å². The molecule has 1 aromatic heterocycles. The van der Waals surface area contributed by atoms with E-state index >= 15 is 0 Å². The molecule has 2 N–H and O–H groups in total. The van der Waals surface area contributed by atoms with E-state index in [9.17, 15) is 14.4 Å². The molecule has 29 heavy (non-hydrogen) atoms. The number of rotatable bonds is 9. The predicted molar refractivity (Wildman–Crippen MR) is 110 cm³/mol.